The quantitative estimate of drug-likeness (QED) is 0.0229. The minimum Gasteiger partial charge on any atom is -0.394 e. The summed E-state index contributed by atoms with van der Waals surface area (Å²) in [6.07, 6.45) is -5.64. The van der Waals surface area contributed by atoms with E-state index in [2.05, 4.69) is 31.6 Å². The number of benzene rings is 3. The number of hydrogen-bond donors (Lipinski definition) is 8. The second-order valence-corrected chi connectivity index (χ2v) is 16.1. The standard InChI is InChI=1S/C45H58N8O12/c1-25(2)37(52-43(59)26(3)64-41-39(49-27(4)55)45(65-34(23-54)40(41)57)63-24-28-13-6-5-7-14-28)44(60)51-32(42(46)58)19-20-35(56)47-21-10-11-22-48-38-29-15-8-9-16-30(29)50-31-17-12-18-33(36(31)38)53(61)62/h5-9,12-18,25-26,32,34,37,39-41,45,54,57H,10-11,19-24H2,1-4H3,(H2,46,58)(H,47,56)(H,48,50)(H,49,55)(H,51,60)(H,52,59)/t26?,32-,34-,37+,39+,40-,41-,45+/m1/s1. The number of para-hydroxylation sites is 1. The molecule has 0 radical (unpaired) electrons. The average molecular weight is 903 g/mol. The molecule has 4 aromatic rings. The second kappa shape index (κ2) is 23.6. The van der Waals surface area contributed by atoms with Gasteiger partial charge in [-0.3, -0.25) is 34.1 Å². The summed E-state index contributed by atoms with van der Waals surface area (Å²) in [5.74, 6) is -3.79. The Bertz CT molecular complexity index is 2300. The molecule has 20 heteroatoms. The molecular weight excluding hydrogens is 845 g/mol. The summed E-state index contributed by atoms with van der Waals surface area (Å²) in [4.78, 5) is 80.6. The number of rotatable bonds is 23. The number of carbonyl (C=O) groups is 5. The predicted octanol–water partition coefficient (Wildman–Crippen LogP) is 2.07. The van der Waals surface area contributed by atoms with Crippen LogP contribution in [0.4, 0.5) is 11.4 Å². The summed E-state index contributed by atoms with van der Waals surface area (Å²) in [5, 5.41) is 48.1. The van der Waals surface area contributed by atoms with E-state index in [1.807, 2.05) is 54.6 Å². The SMILES string of the molecule is CC(=O)N[C@@H]1[C@@H](OCc2ccccc2)O[C@H](CO)[C@@H](O)[C@@H]1OC(C)C(=O)N[C@H](C(=O)N[C@H](CCC(=O)NCCCCNc1c2ccccc2nc2cccc([N+](=O)[O-])c12)C(N)=O)C(C)C. The number of unbranched alkanes of at least 4 members (excludes halogenated alkanes) is 1. The zero-order chi connectivity index (χ0) is 47.2. The van der Waals surface area contributed by atoms with Gasteiger partial charge in [-0.15, -0.1) is 0 Å². The molecule has 1 saturated heterocycles. The molecule has 0 saturated carbocycles. The number of aromatic nitrogens is 1. The van der Waals surface area contributed by atoms with E-state index in [1.165, 1.54) is 19.9 Å². The van der Waals surface area contributed by atoms with Crippen molar-refractivity contribution in [3.8, 4) is 0 Å². The van der Waals surface area contributed by atoms with E-state index in [9.17, 15) is 44.3 Å². The lowest BCUT2D eigenvalue weighted by molar-refractivity contribution is -0.383. The first kappa shape index (κ1) is 49.7. The average Bonchev–Trinajstić information content (AvgIpc) is 3.28. The van der Waals surface area contributed by atoms with Crippen LogP contribution >= 0.6 is 0 Å². The lowest BCUT2D eigenvalue weighted by Gasteiger charge is -2.44. The fourth-order valence-corrected chi connectivity index (χ4v) is 7.48. The lowest BCUT2D eigenvalue weighted by atomic mass is 9.96. The molecule has 1 aliphatic rings. The minimum absolute atomic E-state index is 0.0571. The maximum atomic E-state index is 13.6. The van der Waals surface area contributed by atoms with Crippen molar-refractivity contribution in [1.82, 2.24) is 26.3 Å². The third-order valence-electron chi connectivity index (χ3n) is 10.9. The fourth-order valence-electron chi connectivity index (χ4n) is 7.48. The van der Waals surface area contributed by atoms with Crippen molar-refractivity contribution >= 4 is 62.7 Å². The van der Waals surface area contributed by atoms with Crippen LogP contribution in [-0.4, -0.2) is 118 Å². The highest BCUT2D eigenvalue weighted by atomic mass is 16.7. The van der Waals surface area contributed by atoms with Gasteiger partial charge in [0.25, 0.3) is 5.69 Å². The monoisotopic (exact) mass is 902 g/mol. The van der Waals surface area contributed by atoms with E-state index in [4.69, 9.17) is 19.9 Å². The van der Waals surface area contributed by atoms with Gasteiger partial charge in [0, 0.05) is 37.9 Å². The number of nitro groups is 1. The van der Waals surface area contributed by atoms with E-state index in [1.54, 1.807) is 26.0 Å². The molecular formula is C45H58N8O12. The highest BCUT2D eigenvalue weighted by molar-refractivity contribution is 6.11. The van der Waals surface area contributed by atoms with Crippen molar-refractivity contribution in [3.63, 3.8) is 0 Å². The number of primary amides is 1. The Kier molecular flexibility index (Phi) is 18.0. The van der Waals surface area contributed by atoms with E-state index in [0.29, 0.717) is 48.0 Å². The topological polar surface area (TPSA) is 296 Å². The van der Waals surface area contributed by atoms with Gasteiger partial charge in [0.15, 0.2) is 6.29 Å². The van der Waals surface area contributed by atoms with Gasteiger partial charge < -0.3 is 56.7 Å². The van der Waals surface area contributed by atoms with Gasteiger partial charge >= 0.3 is 0 Å². The first-order chi connectivity index (χ1) is 31.1. The van der Waals surface area contributed by atoms with Crippen LogP contribution in [0.3, 0.4) is 0 Å². The molecule has 5 rings (SSSR count). The Morgan fingerprint density at radius 2 is 1.62 bits per heavy atom. The number of nitrogens with two attached hydrogens (primary N) is 1. The van der Waals surface area contributed by atoms with Gasteiger partial charge in [0.05, 0.1) is 34.9 Å². The molecule has 9 N–H and O–H groups in total. The molecule has 3 aromatic carbocycles. The van der Waals surface area contributed by atoms with Gasteiger partial charge in [-0.1, -0.05) is 68.4 Å². The first-order valence-electron chi connectivity index (χ1n) is 21.5. The molecule has 1 aliphatic heterocycles. The molecule has 1 aromatic heterocycles. The van der Waals surface area contributed by atoms with Crippen molar-refractivity contribution in [2.75, 3.05) is 25.0 Å². The molecule has 0 aliphatic carbocycles. The number of non-ortho nitro benzene ring substituents is 1. The number of fused-ring (bicyclic) bond motifs is 2. The number of ether oxygens (including phenoxy) is 3. The normalized spacial score (nSPS) is 19.8. The largest absolute Gasteiger partial charge is 0.394 e. The number of pyridine rings is 1. The van der Waals surface area contributed by atoms with Crippen molar-refractivity contribution in [2.24, 2.45) is 11.7 Å². The van der Waals surface area contributed by atoms with Crippen LogP contribution in [0.25, 0.3) is 21.8 Å². The Labute approximate surface area is 375 Å². The van der Waals surface area contributed by atoms with Crippen molar-refractivity contribution in [3.05, 3.63) is 88.5 Å². The molecule has 0 bridgehead atoms. The maximum absolute atomic E-state index is 13.6. The maximum Gasteiger partial charge on any atom is 0.280 e. The summed E-state index contributed by atoms with van der Waals surface area (Å²) in [6, 6.07) is 17.7. The Balaban J connectivity index is 1.11. The Morgan fingerprint density at radius 1 is 0.923 bits per heavy atom. The van der Waals surface area contributed by atoms with E-state index >= 15 is 0 Å². The molecule has 1 fully saturated rings. The number of carbonyl (C=O) groups excluding carboxylic acids is 5. The number of nitrogens with zero attached hydrogens (tertiary/aromatic N) is 2. The number of aliphatic hydroxyl groups is 2. The van der Waals surface area contributed by atoms with E-state index < -0.39 is 89.9 Å². The third kappa shape index (κ3) is 13.4. The van der Waals surface area contributed by atoms with Crippen LogP contribution in [0.1, 0.15) is 58.9 Å². The predicted molar refractivity (Wildman–Crippen MR) is 239 cm³/mol. The Hall–Kier alpha value is -6.32. The molecule has 350 valence electrons. The fraction of sp³-hybridized carbons (Fsp3) is 0.467. The van der Waals surface area contributed by atoms with E-state index in [0.717, 1.165) is 10.9 Å². The number of nitrogens with one attached hydrogen (secondary N) is 5. The second-order valence-electron chi connectivity index (χ2n) is 16.1. The zero-order valence-electron chi connectivity index (χ0n) is 36.7. The van der Waals surface area contributed by atoms with Gasteiger partial charge in [-0.25, -0.2) is 4.98 Å². The number of amides is 5. The van der Waals surface area contributed by atoms with Crippen LogP contribution in [0, 0.1) is 16.0 Å². The van der Waals surface area contributed by atoms with Crippen LogP contribution in [-0.2, 0) is 44.8 Å². The van der Waals surface area contributed by atoms with Crippen LogP contribution in [0.2, 0.25) is 0 Å². The van der Waals surface area contributed by atoms with Gasteiger partial charge in [-0.05, 0) is 49.8 Å². The number of anilines is 1. The van der Waals surface area contributed by atoms with Gasteiger partial charge in [-0.2, -0.15) is 0 Å². The van der Waals surface area contributed by atoms with Crippen molar-refractivity contribution in [1.29, 1.82) is 0 Å². The minimum atomic E-state index is -1.51. The summed E-state index contributed by atoms with van der Waals surface area (Å²) in [5.41, 5.74) is 8.13. The number of aliphatic hydroxyl groups excluding tert-OH is 2. The van der Waals surface area contributed by atoms with Crippen molar-refractivity contribution < 1.29 is 53.3 Å². The van der Waals surface area contributed by atoms with Gasteiger partial charge in [0.2, 0.25) is 29.5 Å². The molecule has 5 amide bonds. The molecule has 0 spiro atoms. The van der Waals surface area contributed by atoms with Crippen LogP contribution < -0.4 is 32.3 Å². The third-order valence-corrected chi connectivity index (χ3v) is 10.9. The smallest absolute Gasteiger partial charge is 0.280 e. The first-order valence-corrected chi connectivity index (χ1v) is 21.5. The summed E-state index contributed by atoms with van der Waals surface area (Å²) < 4.78 is 17.8. The Morgan fingerprint density at radius 3 is 2.29 bits per heavy atom. The lowest BCUT2D eigenvalue weighted by Crippen LogP contribution is -2.66. The summed E-state index contributed by atoms with van der Waals surface area (Å²) in [6.45, 7) is 6.13. The summed E-state index contributed by atoms with van der Waals surface area (Å²) in [7, 11) is 0. The molecule has 2 heterocycles. The van der Waals surface area contributed by atoms with E-state index in [-0.39, 0.29) is 31.0 Å². The van der Waals surface area contributed by atoms with Gasteiger partial charge in [0.1, 0.15) is 47.9 Å². The molecule has 65 heavy (non-hydrogen) atoms. The number of hydrogen-bond acceptors (Lipinski definition) is 14. The molecule has 1 unspecified atom stereocenters. The van der Waals surface area contributed by atoms with Crippen LogP contribution in [0.5, 0.6) is 0 Å². The van der Waals surface area contributed by atoms with Crippen molar-refractivity contribution in [2.45, 2.75) is 109 Å². The zero-order valence-corrected chi connectivity index (χ0v) is 36.7. The molecule has 8 atom stereocenters. The number of nitro benzene ring substituents is 1. The van der Waals surface area contributed by atoms with Crippen LogP contribution in [0.15, 0.2) is 72.8 Å². The molecule has 20 nitrogen and oxygen atoms in total. The highest BCUT2D eigenvalue weighted by Crippen LogP contribution is 2.36. The highest BCUT2D eigenvalue weighted by Gasteiger charge is 2.48. The summed E-state index contributed by atoms with van der Waals surface area (Å²) >= 11 is 0.